The smallest absolute Gasteiger partial charge is 0.264 e. The number of nitroso groups, excluding NO2 is 1. The molecule has 18 heavy (non-hydrogen) atoms. The number of nitrogens with zero attached hydrogens (tertiary/aromatic N) is 1. The highest BCUT2D eigenvalue weighted by molar-refractivity contribution is 6.53. The second-order valence-electron chi connectivity index (χ2n) is 4.03. The molecule has 0 fully saturated rings. The number of rotatable bonds is 1. The first-order valence-electron chi connectivity index (χ1n) is 5.30. The van der Waals surface area contributed by atoms with E-state index in [1.807, 2.05) is 0 Å². The van der Waals surface area contributed by atoms with Crippen molar-refractivity contribution in [1.29, 1.82) is 0 Å². The van der Waals surface area contributed by atoms with Crippen molar-refractivity contribution in [3.8, 4) is 11.3 Å². The Morgan fingerprint density at radius 3 is 2.39 bits per heavy atom. The number of carbonyl (C=O) groups excluding carboxylic acids is 2. The molecular formula is C13H7NO4. The van der Waals surface area contributed by atoms with Crippen LogP contribution in [0.25, 0.3) is 11.3 Å². The summed E-state index contributed by atoms with van der Waals surface area (Å²) in [5.74, 6) is -1.14. The average Bonchev–Trinajstić information content (AvgIpc) is 2.73. The van der Waals surface area contributed by atoms with Crippen molar-refractivity contribution < 1.29 is 14.0 Å². The Hall–Kier alpha value is -2.56. The number of benzene rings is 1. The van der Waals surface area contributed by atoms with Gasteiger partial charge in [-0.1, -0.05) is 24.3 Å². The molecule has 0 spiro atoms. The van der Waals surface area contributed by atoms with Crippen LogP contribution in [0.1, 0.15) is 26.3 Å². The minimum atomic E-state index is -0.653. The first kappa shape index (κ1) is 10.6. The second-order valence-corrected chi connectivity index (χ2v) is 4.03. The molecule has 0 radical (unpaired) electrons. The first-order chi connectivity index (χ1) is 8.65. The maximum Gasteiger partial charge on any atom is 0.264 e. The fourth-order valence-corrected chi connectivity index (χ4v) is 2.17. The maximum atomic E-state index is 12.0. The number of hydrogen-bond acceptors (Lipinski definition) is 5. The van der Waals surface area contributed by atoms with E-state index in [9.17, 15) is 14.5 Å². The lowest BCUT2D eigenvalue weighted by Gasteiger charge is -2.12. The van der Waals surface area contributed by atoms with Crippen LogP contribution in [-0.4, -0.2) is 11.6 Å². The van der Waals surface area contributed by atoms with Crippen LogP contribution in [0.4, 0.5) is 5.88 Å². The van der Waals surface area contributed by atoms with E-state index in [2.05, 4.69) is 5.18 Å². The largest absolute Gasteiger partial charge is 0.435 e. The zero-order valence-corrected chi connectivity index (χ0v) is 9.39. The predicted octanol–water partition coefficient (Wildman–Crippen LogP) is 3.03. The predicted molar refractivity (Wildman–Crippen MR) is 63.0 cm³/mol. The van der Waals surface area contributed by atoms with Gasteiger partial charge in [0.25, 0.3) is 5.88 Å². The summed E-state index contributed by atoms with van der Waals surface area (Å²) in [6.07, 6.45) is 0. The van der Waals surface area contributed by atoms with Crippen LogP contribution in [0.2, 0.25) is 0 Å². The summed E-state index contributed by atoms with van der Waals surface area (Å²) in [5, 5.41) is 2.73. The number of carbonyl (C=O) groups is 2. The standard InChI is InChI=1S/C13H7NO4/c1-6-9-11(16)10(15)7-4-2-3-5-8(7)12(9)18-13(6)14-17/h2-5H,1H3. The summed E-state index contributed by atoms with van der Waals surface area (Å²) in [5.41, 5.74) is 1.28. The van der Waals surface area contributed by atoms with Gasteiger partial charge in [-0.2, -0.15) is 0 Å². The fraction of sp³-hybridized carbons (Fsp3) is 0.0769. The van der Waals surface area contributed by atoms with Crippen molar-refractivity contribution >= 4 is 17.5 Å². The highest BCUT2D eigenvalue weighted by atomic mass is 16.4. The van der Waals surface area contributed by atoms with Crippen LogP contribution in [0.5, 0.6) is 0 Å². The van der Waals surface area contributed by atoms with Crippen LogP contribution in [0.3, 0.4) is 0 Å². The minimum Gasteiger partial charge on any atom is -0.435 e. The Bertz CT molecular complexity index is 712. The summed E-state index contributed by atoms with van der Waals surface area (Å²) >= 11 is 0. The Morgan fingerprint density at radius 1 is 1.06 bits per heavy atom. The van der Waals surface area contributed by atoms with Crippen LogP contribution in [-0.2, 0) is 0 Å². The molecular weight excluding hydrogens is 234 g/mol. The monoisotopic (exact) mass is 241 g/mol. The molecule has 0 unspecified atom stereocenters. The van der Waals surface area contributed by atoms with E-state index in [0.717, 1.165) is 0 Å². The van der Waals surface area contributed by atoms with Crippen molar-refractivity contribution in [2.24, 2.45) is 5.18 Å². The van der Waals surface area contributed by atoms with Gasteiger partial charge in [0.1, 0.15) is 5.76 Å². The lowest BCUT2D eigenvalue weighted by atomic mass is 9.87. The quantitative estimate of drug-likeness (QED) is 0.568. The van der Waals surface area contributed by atoms with Gasteiger partial charge in [-0.3, -0.25) is 9.59 Å². The molecule has 1 aliphatic rings. The molecule has 1 aromatic carbocycles. The summed E-state index contributed by atoms with van der Waals surface area (Å²) in [4.78, 5) is 34.5. The molecule has 0 amide bonds. The third-order valence-corrected chi connectivity index (χ3v) is 3.05. The molecule has 0 saturated carbocycles. The molecule has 5 nitrogen and oxygen atoms in total. The van der Waals surface area contributed by atoms with Gasteiger partial charge in [-0.15, -0.1) is 4.91 Å². The van der Waals surface area contributed by atoms with Crippen molar-refractivity contribution in [3.63, 3.8) is 0 Å². The highest BCUT2D eigenvalue weighted by Gasteiger charge is 2.36. The van der Waals surface area contributed by atoms with Gasteiger partial charge in [0, 0.05) is 21.9 Å². The Balaban J connectivity index is 2.42. The van der Waals surface area contributed by atoms with E-state index in [1.54, 1.807) is 24.3 Å². The van der Waals surface area contributed by atoms with Gasteiger partial charge in [0.2, 0.25) is 11.6 Å². The number of fused-ring (bicyclic) bond motifs is 3. The van der Waals surface area contributed by atoms with Gasteiger partial charge in [-0.25, -0.2) is 0 Å². The molecule has 2 aromatic rings. The molecule has 0 N–H and O–H groups in total. The van der Waals surface area contributed by atoms with E-state index < -0.39 is 11.6 Å². The van der Waals surface area contributed by atoms with E-state index >= 15 is 0 Å². The highest BCUT2D eigenvalue weighted by Crippen LogP contribution is 2.41. The average molecular weight is 241 g/mol. The molecule has 3 rings (SSSR count). The maximum absolute atomic E-state index is 12.0. The van der Waals surface area contributed by atoms with Gasteiger partial charge in [0.15, 0.2) is 0 Å². The van der Waals surface area contributed by atoms with Crippen LogP contribution < -0.4 is 0 Å². The molecule has 5 heteroatoms. The summed E-state index contributed by atoms with van der Waals surface area (Å²) in [7, 11) is 0. The van der Waals surface area contributed by atoms with E-state index in [1.165, 1.54) is 6.92 Å². The Labute approximate surface area is 101 Å². The van der Waals surface area contributed by atoms with Crippen LogP contribution >= 0.6 is 0 Å². The summed E-state index contributed by atoms with van der Waals surface area (Å²) in [6, 6.07) is 6.64. The first-order valence-corrected chi connectivity index (χ1v) is 5.30. The molecule has 0 saturated heterocycles. The molecule has 0 atom stereocenters. The second kappa shape index (κ2) is 3.46. The van der Waals surface area contributed by atoms with E-state index in [-0.39, 0.29) is 17.2 Å². The third kappa shape index (κ3) is 1.15. The van der Waals surface area contributed by atoms with Crippen molar-refractivity contribution in [2.45, 2.75) is 6.92 Å². The fourth-order valence-electron chi connectivity index (χ4n) is 2.17. The van der Waals surface area contributed by atoms with Gasteiger partial charge in [0.05, 0.1) is 5.56 Å². The van der Waals surface area contributed by atoms with Gasteiger partial charge >= 0.3 is 0 Å². The van der Waals surface area contributed by atoms with Crippen molar-refractivity contribution in [3.05, 3.63) is 45.9 Å². The molecule has 88 valence electrons. The molecule has 0 bridgehead atoms. The summed E-state index contributed by atoms with van der Waals surface area (Å²) < 4.78 is 5.28. The van der Waals surface area contributed by atoms with E-state index in [0.29, 0.717) is 16.7 Å². The van der Waals surface area contributed by atoms with E-state index in [4.69, 9.17) is 4.42 Å². The number of hydrogen-bond donors (Lipinski definition) is 0. The van der Waals surface area contributed by atoms with Gasteiger partial charge in [-0.05, 0) is 6.92 Å². The number of furan rings is 1. The molecule has 1 heterocycles. The number of Topliss-reactive ketones (excluding diaryl/α,β-unsaturated/α-hetero) is 2. The lowest BCUT2D eigenvalue weighted by Crippen LogP contribution is -2.20. The Kier molecular flexibility index (Phi) is 2.04. The summed E-state index contributed by atoms with van der Waals surface area (Å²) in [6.45, 7) is 1.54. The third-order valence-electron chi connectivity index (χ3n) is 3.05. The molecule has 1 aromatic heterocycles. The lowest BCUT2D eigenvalue weighted by molar-refractivity contribution is 0.0814. The topological polar surface area (TPSA) is 76.7 Å². The van der Waals surface area contributed by atoms with Crippen molar-refractivity contribution in [2.75, 3.05) is 0 Å². The van der Waals surface area contributed by atoms with Crippen LogP contribution in [0.15, 0.2) is 33.9 Å². The molecule has 1 aliphatic carbocycles. The van der Waals surface area contributed by atoms with Gasteiger partial charge < -0.3 is 4.42 Å². The minimum absolute atomic E-state index is 0.147. The Morgan fingerprint density at radius 2 is 1.72 bits per heavy atom. The SMILES string of the molecule is Cc1c(N=O)oc2c1C(=O)C(=O)c1ccccc1-2. The zero-order chi connectivity index (χ0) is 12.9. The normalized spacial score (nSPS) is 13.2. The molecule has 0 aliphatic heterocycles. The number of ketones is 2. The zero-order valence-electron chi connectivity index (χ0n) is 9.39. The van der Waals surface area contributed by atoms with Crippen molar-refractivity contribution in [1.82, 2.24) is 0 Å². The van der Waals surface area contributed by atoms with Crippen LogP contribution in [0, 0.1) is 11.8 Å².